The number of methoxy groups -OCH3 is 1. The smallest absolute Gasteiger partial charge is 0.333 e. The highest BCUT2D eigenvalue weighted by Crippen LogP contribution is 2.75. The van der Waals surface area contributed by atoms with Crippen molar-refractivity contribution in [3.63, 3.8) is 0 Å². The molecule has 32 atom stereocenters. The van der Waals surface area contributed by atoms with Crippen LogP contribution >= 0.6 is 0 Å². The van der Waals surface area contributed by atoms with Gasteiger partial charge in [-0.1, -0.05) is 39.5 Å². The van der Waals surface area contributed by atoms with Crippen molar-refractivity contribution in [1.82, 2.24) is 0 Å². The third-order valence-electron chi connectivity index (χ3n) is 28.1. The summed E-state index contributed by atoms with van der Waals surface area (Å²) in [6.07, 6.45) is 14.8. The molecular weight excluding hydrogens is 1370 g/mol. The minimum atomic E-state index is -0.601. The fourth-order valence-electron chi connectivity index (χ4n) is 24.0. The summed E-state index contributed by atoms with van der Waals surface area (Å²) in [5, 5.41) is 0. The van der Waals surface area contributed by atoms with E-state index in [1.54, 1.807) is 27.7 Å². The molecule has 25 nitrogen and oxygen atoms in total. The van der Waals surface area contributed by atoms with Crippen LogP contribution in [0.5, 0.6) is 0 Å². The normalized spacial score (nSPS) is 45.3. The van der Waals surface area contributed by atoms with Gasteiger partial charge in [0.25, 0.3) is 0 Å². The van der Waals surface area contributed by atoms with Gasteiger partial charge in [0, 0.05) is 88.2 Å². The van der Waals surface area contributed by atoms with Crippen LogP contribution in [0.2, 0.25) is 0 Å². The van der Waals surface area contributed by atoms with Crippen molar-refractivity contribution in [1.29, 1.82) is 0 Å². The van der Waals surface area contributed by atoms with Crippen molar-refractivity contribution in [2.45, 2.75) is 230 Å². The third-order valence-corrected chi connectivity index (χ3v) is 28.1. The number of carbonyl (C=O) groups is 12. The Morgan fingerprint density at radius 1 is 0.434 bits per heavy atom. The van der Waals surface area contributed by atoms with Crippen LogP contribution in [-0.2, 0) is 119 Å². The second kappa shape index (κ2) is 27.3. The Hall–Kier alpha value is -7.96. The van der Waals surface area contributed by atoms with E-state index in [1.807, 2.05) is 13.8 Å². The molecule has 8 saturated heterocycles. The van der Waals surface area contributed by atoms with E-state index < -0.39 is 35.7 Å². The third kappa shape index (κ3) is 12.3. The first kappa shape index (κ1) is 74.9. The number of hydrogen-bond donors (Lipinski definition) is 0. The van der Waals surface area contributed by atoms with Crippen LogP contribution in [0.4, 0.5) is 0 Å². The van der Waals surface area contributed by atoms with Gasteiger partial charge in [-0.25, -0.2) is 28.8 Å². The van der Waals surface area contributed by atoms with Gasteiger partial charge in [-0.05, 0) is 181 Å². The minimum absolute atomic E-state index is 0.0322. The molecule has 12 aliphatic carbocycles. The summed E-state index contributed by atoms with van der Waals surface area (Å²) in [5.41, 5.74) is 0.288. The summed E-state index contributed by atoms with van der Waals surface area (Å²) in [6.45, 7) is 35.2. The van der Waals surface area contributed by atoms with Crippen LogP contribution in [0.15, 0.2) is 73.9 Å². The summed E-state index contributed by atoms with van der Waals surface area (Å²) in [5.74, 6) is 4.60. The van der Waals surface area contributed by atoms with Gasteiger partial charge in [-0.3, -0.25) is 28.8 Å². The summed E-state index contributed by atoms with van der Waals surface area (Å²) in [7, 11) is 1.31. The maximum Gasteiger partial charge on any atom is 0.333 e. The highest BCUT2D eigenvalue weighted by atomic mass is 16.7. The number of esters is 12. The first-order chi connectivity index (χ1) is 50.0. The van der Waals surface area contributed by atoms with Crippen molar-refractivity contribution >= 4 is 71.6 Å². The monoisotopic (exact) mass is 1470 g/mol. The van der Waals surface area contributed by atoms with Gasteiger partial charge in [0.15, 0.2) is 12.2 Å². The van der Waals surface area contributed by atoms with Crippen LogP contribution < -0.4 is 0 Å². The van der Waals surface area contributed by atoms with Gasteiger partial charge >= 0.3 is 71.6 Å². The van der Waals surface area contributed by atoms with Crippen LogP contribution in [0.1, 0.15) is 152 Å². The molecule has 0 aromatic carbocycles. The molecule has 1 spiro atoms. The quantitative estimate of drug-likeness (QED) is 0.0809. The molecule has 0 aromatic heterocycles. The number of fused-ring (bicyclic) bond motifs is 15. The van der Waals surface area contributed by atoms with Crippen LogP contribution in [0.3, 0.4) is 0 Å². The highest BCUT2D eigenvalue weighted by molar-refractivity contribution is 5.90. The Morgan fingerprint density at radius 2 is 0.934 bits per heavy atom. The molecule has 20 rings (SSSR count). The average Bonchev–Trinajstić information content (AvgIpc) is 1.52. The Bertz CT molecular complexity index is 3750. The van der Waals surface area contributed by atoms with Crippen LogP contribution in [0.25, 0.3) is 0 Å². The van der Waals surface area contributed by atoms with Crippen molar-refractivity contribution in [2.24, 2.45) is 117 Å². The Kier molecular flexibility index (Phi) is 19.3. The van der Waals surface area contributed by atoms with Gasteiger partial charge in [-0.15, -0.1) is 0 Å². The molecule has 25 heteroatoms. The average molecular weight is 1470 g/mol. The molecule has 12 saturated carbocycles. The molecule has 14 bridgehead atoms. The second-order valence-corrected chi connectivity index (χ2v) is 35.0. The SMILES string of the molecule is C=C(C)C(=O)OC1C2CC3C(=O)OC1(C)C3C2.C=C(C)C(=O)OC1C2CC3C(=O)OC1C3C2.C=C(C)C(=O)OC1C2CC3C(=O)OC1C3O2.C=C(C)C(=O)OC1C2CC3C1OC(=O)C3(C)C2.C=CC(=O)OC.C=CC(=O)OC1C2CC3C(=O)OC1C3C2.CC1(C)CC2(CC3CC2C2C4CCC(C4)C32)C(=O)O1. The molecule has 8 heterocycles. The number of cyclic esters (lactones) is 1. The zero-order valence-electron chi connectivity index (χ0n) is 62.0. The fourth-order valence-corrected chi connectivity index (χ4v) is 24.0. The van der Waals surface area contributed by atoms with Crippen molar-refractivity contribution in [2.75, 3.05) is 7.11 Å². The summed E-state index contributed by atoms with van der Waals surface area (Å²) >= 11 is 0. The molecule has 20 fully saturated rings. The van der Waals surface area contributed by atoms with Gasteiger partial charge in [-0.2, -0.15) is 0 Å². The largest absolute Gasteiger partial charge is 0.466 e. The summed E-state index contributed by atoms with van der Waals surface area (Å²) in [4.78, 5) is 137. The molecular formula is C81H100O25. The molecule has 32 unspecified atom stereocenters. The topological polar surface area (TPSA) is 325 Å². The van der Waals surface area contributed by atoms with Crippen LogP contribution in [0, 0.1) is 117 Å². The Balaban J connectivity index is 0.000000105. The van der Waals surface area contributed by atoms with Gasteiger partial charge < -0.3 is 61.6 Å². The molecule has 0 N–H and O–H groups in total. The first-order valence-corrected chi connectivity index (χ1v) is 38.0. The van der Waals surface area contributed by atoms with E-state index in [4.69, 9.17) is 56.8 Å². The number of carbonyl (C=O) groups excluding carboxylic acids is 12. The predicted octanol–water partition coefficient (Wildman–Crippen LogP) is 8.55. The molecule has 0 aromatic rings. The van der Waals surface area contributed by atoms with Gasteiger partial charge in [0.2, 0.25) is 0 Å². The van der Waals surface area contributed by atoms with Crippen LogP contribution in [-0.4, -0.2) is 157 Å². The van der Waals surface area contributed by atoms with E-state index in [-0.39, 0.29) is 184 Å². The zero-order valence-corrected chi connectivity index (χ0v) is 62.0. The lowest BCUT2D eigenvalue weighted by Gasteiger charge is -2.42. The van der Waals surface area contributed by atoms with E-state index in [1.165, 1.54) is 32.8 Å². The van der Waals surface area contributed by atoms with E-state index in [0.717, 1.165) is 106 Å². The van der Waals surface area contributed by atoms with Crippen molar-refractivity contribution < 1.29 is 119 Å². The zero-order chi connectivity index (χ0) is 76.2. The predicted molar refractivity (Wildman–Crippen MR) is 367 cm³/mol. The lowest BCUT2D eigenvalue weighted by molar-refractivity contribution is -0.171. The lowest BCUT2D eigenvalue weighted by Crippen LogP contribution is -2.46. The maximum absolute atomic E-state index is 12.6. The van der Waals surface area contributed by atoms with E-state index in [9.17, 15) is 57.5 Å². The minimum Gasteiger partial charge on any atom is -0.466 e. The van der Waals surface area contributed by atoms with E-state index >= 15 is 0 Å². The highest BCUT2D eigenvalue weighted by Gasteiger charge is 2.74. The summed E-state index contributed by atoms with van der Waals surface area (Å²) < 4.78 is 68.7. The second-order valence-electron chi connectivity index (χ2n) is 35.0. The number of ether oxygens (including phenoxy) is 13. The van der Waals surface area contributed by atoms with Gasteiger partial charge in [0.05, 0.1) is 47.7 Å². The summed E-state index contributed by atoms with van der Waals surface area (Å²) in [6, 6.07) is 0. The molecule has 20 aliphatic rings. The Labute approximate surface area is 616 Å². The molecule has 0 radical (unpaired) electrons. The van der Waals surface area contributed by atoms with Crippen molar-refractivity contribution in [3.8, 4) is 0 Å². The Morgan fingerprint density at radius 3 is 1.47 bits per heavy atom. The van der Waals surface area contributed by atoms with Gasteiger partial charge in [0.1, 0.15) is 60.0 Å². The number of hydrogen-bond acceptors (Lipinski definition) is 25. The standard InChI is InChI=1S/C17H24O2.2C13H16O4.C12H14O4.C11H12O5.C11H12O4.C4H6O2/c1-16(2)8-17(15(18)19-16)7-11-6-12(17)14-10-4-3-9(5-10)13(11)14;1-6(2)11(14)16-9-7-4-8-10(9)17-12(15)13(8,3)5-7;1-6(2)11(14)16-10-7-4-8-9(5-7)13(10,3)17-12(8)15;1-5(2)11(13)15-9-6-3-7-8(4-6)12(14)16-10(7)9;1-4(2)10(12)15-8-6-3-5-7(14-6)9(8)16-11(5)13;1-2-8(12)14-9-5-3-6-7(4-5)11(13)15-10(6)9;1-3-4(5)6-2/h9-14H,3-8H2,1-2H3;2*7-10H,1,4-5H2,2-3H3;6-10H,1,3-4H2,2H3;5-9H,1,3H2,2H3;2,5-7,9-10H,1,3-4H2;3H,1H2,2H3. The lowest BCUT2D eigenvalue weighted by atomic mass is 9.59. The fraction of sp³-hybridized carbons (Fsp3) is 0.704. The molecule has 0 amide bonds. The molecule has 8 aliphatic heterocycles. The maximum atomic E-state index is 12.6. The van der Waals surface area contributed by atoms with E-state index in [2.05, 4.69) is 58.1 Å². The molecule has 574 valence electrons. The van der Waals surface area contributed by atoms with Crippen molar-refractivity contribution in [3.05, 3.63) is 73.9 Å². The van der Waals surface area contributed by atoms with E-state index in [0.29, 0.717) is 46.5 Å². The molecule has 106 heavy (non-hydrogen) atoms. The first-order valence-electron chi connectivity index (χ1n) is 38.0. The number of rotatable bonds is 11.